The molecule has 2 rings (SSSR count). The third-order valence-electron chi connectivity index (χ3n) is 1.60. The zero-order valence-corrected chi connectivity index (χ0v) is 7.58. The zero-order valence-electron chi connectivity index (χ0n) is 6.69. The Morgan fingerprint density at radius 3 is 2.75 bits per heavy atom. The number of para-hydroxylation sites is 2. The molecule has 0 spiro atoms. The van der Waals surface area contributed by atoms with Crippen LogP contribution < -0.4 is 9.26 Å². The Morgan fingerprint density at radius 2 is 2.00 bits per heavy atom. The van der Waals surface area contributed by atoms with Crippen LogP contribution in [0.2, 0.25) is 0 Å². The smallest absolute Gasteiger partial charge is 0.281 e. The van der Waals surface area contributed by atoms with Crippen LogP contribution in [0, 0.1) is 0 Å². The highest BCUT2D eigenvalue weighted by atomic mass is 31.2. The van der Waals surface area contributed by atoms with Crippen LogP contribution >= 0.6 is 7.37 Å². The van der Waals surface area contributed by atoms with Gasteiger partial charge in [-0.3, -0.25) is 4.57 Å². The van der Waals surface area contributed by atoms with E-state index in [1.807, 2.05) is 12.1 Å². The minimum Gasteiger partial charge on any atom is -0.478 e. The summed E-state index contributed by atoms with van der Waals surface area (Å²) >= 11 is 0. The fourth-order valence-corrected chi connectivity index (χ4v) is 2.06. The molecule has 0 fully saturated rings. The van der Waals surface area contributed by atoms with Crippen molar-refractivity contribution < 1.29 is 13.8 Å². The molecule has 1 unspecified atom stereocenters. The van der Waals surface area contributed by atoms with E-state index in [-0.39, 0.29) is 6.35 Å². The first-order valence-corrected chi connectivity index (χ1v) is 5.91. The Kier molecular flexibility index (Phi) is 1.62. The number of hydrogen-bond acceptors (Lipinski definition) is 3. The summed E-state index contributed by atoms with van der Waals surface area (Å²) in [5, 5.41) is 0. The highest BCUT2D eigenvalue weighted by molar-refractivity contribution is 7.58. The molecule has 1 aromatic carbocycles. The second-order valence-corrected chi connectivity index (χ2v) is 5.29. The number of fused-ring (bicyclic) bond motifs is 1. The van der Waals surface area contributed by atoms with Crippen LogP contribution in [0.15, 0.2) is 24.3 Å². The Labute approximate surface area is 70.8 Å². The fourth-order valence-electron chi connectivity index (χ4n) is 1.07. The average Bonchev–Trinajstić information content (AvgIpc) is 2.02. The summed E-state index contributed by atoms with van der Waals surface area (Å²) in [6.07, 6.45) is 0.171. The lowest BCUT2D eigenvalue weighted by atomic mass is 10.3. The van der Waals surface area contributed by atoms with Gasteiger partial charge in [-0.2, -0.15) is 0 Å². The van der Waals surface area contributed by atoms with Gasteiger partial charge in [-0.1, -0.05) is 12.1 Å². The van der Waals surface area contributed by atoms with Gasteiger partial charge in [-0.25, -0.2) is 0 Å². The first-order chi connectivity index (χ1) is 5.67. The van der Waals surface area contributed by atoms with Gasteiger partial charge in [0.25, 0.3) is 7.37 Å². The number of hydrogen-bond donors (Lipinski definition) is 0. The maximum absolute atomic E-state index is 11.4. The molecule has 64 valence electrons. The fraction of sp³-hybridized carbons (Fsp3) is 0.250. The lowest BCUT2D eigenvalue weighted by Crippen LogP contribution is -2.09. The summed E-state index contributed by atoms with van der Waals surface area (Å²) in [5.74, 6) is 1.25. The molecule has 1 aliphatic heterocycles. The lowest BCUT2D eigenvalue weighted by molar-refractivity contribution is 0.317. The zero-order chi connectivity index (χ0) is 8.60. The molecule has 0 aliphatic carbocycles. The van der Waals surface area contributed by atoms with Crippen LogP contribution in [-0.4, -0.2) is 13.0 Å². The lowest BCUT2D eigenvalue weighted by Gasteiger charge is -2.23. The topological polar surface area (TPSA) is 35.5 Å². The van der Waals surface area contributed by atoms with E-state index in [0.717, 1.165) is 0 Å². The van der Waals surface area contributed by atoms with E-state index in [0.29, 0.717) is 11.5 Å². The van der Waals surface area contributed by atoms with Crippen LogP contribution in [0.4, 0.5) is 0 Å². The predicted octanol–water partition coefficient (Wildman–Crippen LogP) is 2.32. The van der Waals surface area contributed by atoms with Gasteiger partial charge in [0.1, 0.15) is 0 Å². The summed E-state index contributed by atoms with van der Waals surface area (Å²) in [6, 6.07) is 7.24. The molecule has 0 N–H and O–H groups in total. The molecular weight excluding hydrogens is 175 g/mol. The Hall–Kier alpha value is -0.950. The van der Waals surface area contributed by atoms with Gasteiger partial charge in [0.05, 0.1) is 0 Å². The van der Waals surface area contributed by atoms with Crippen LogP contribution in [0.3, 0.4) is 0 Å². The van der Waals surface area contributed by atoms with Crippen molar-refractivity contribution in [2.24, 2.45) is 0 Å². The maximum Gasteiger partial charge on any atom is 0.281 e. The highest BCUT2D eigenvalue weighted by Crippen LogP contribution is 2.50. The monoisotopic (exact) mass is 184 g/mol. The molecule has 1 atom stereocenters. The van der Waals surface area contributed by atoms with Crippen LogP contribution in [0.1, 0.15) is 0 Å². The SMILES string of the molecule is CP1(=O)COc2ccccc2O1. The van der Waals surface area contributed by atoms with Gasteiger partial charge in [-0.15, -0.1) is 0 Å². The molecule has 0 bridgehead atoms. The standard InChI is InChI=1S/C8H9O3P/c1-12(9)6-10-7-4-2-3-5-8(7)11-12/h2-5H,6H2,1H3. The van der Waals surface area contributed by atoms with Gasteiger partial charge in [-0.05, 0) is 12.1 Å². The van der Waals surface area contributed by atoms with Crippen LogP contribution in [-0.2, 0) is 4.57 Å². The van der Waals surface area contributed by atoms with Crippen molar-refractivity contribution in [1.82, 2.24) is 0 Å². The minimum absolute atomic E-state index is 0.171. The van der Waals surface area contributed by atoms with Crippen LogP contribution in [0.5, 0.6) is 11.5 Å². The van der Waals surface area contributed by atoms with Gasteiger partial charge < -0.3 is 9.26 Å². The third-order valence-corrected chi connectivity index (χ3v) is 2.78. The second-order valence-electron chi connectivity index (χ2n) is 2.83. The van der Waals surface area contributed by atoms with Gasteiger partial charge >= 0.3 is 0 Å². The highest BCUT2D eigenvalue weighted by Gasteiger charge is 2.25. The van der Waals surface area contributed by atoms with E-state index < -0.39 is 7.37 Å². The molecule has 1 aliphatic rings. The minimum atomic E-state index is -2.54. The Balaban J connectivity index is 2.42. The van der Waals surface area contributed by atoms with Crippen molar-refractivity contribution in [2.75, 3.05) is 13.0 Å². The van der Waals surface area contributed by atoms with Gasteiger partial charge in [0.15, 0.2) is 17.8 Å². The quantitative estimate of drug-likeness (QED) is 0.580. The molecule has 0 amide bonds. The summed E-state index contributed by atoms with van der Waals surface area (Å²) in [4.78, 5) is 0. The predicted molar refractivity (Wildman–Crippen MR) is 46.1 cm³/mol. The Bertz CT molecular complexity index is 348. The van der Waals surface area contributed by atoms with E-state index in [4.69, 9.17) is 9.26 Å². The molecule has 3 nitrogen and oxygen atoms in total. The van der Waals surface area contributed by atoms with Crippen LogP contribution in [0.25, 0.3) is 0 Å². The molecule has 0 radical (unpaired) electrons. The number of benzene rings is 1. The first kappa shape index (κ1) is 7.69. The molecule has 0 saturated heterocycles. The van der Waals surface area contributed by atoms with E-state index in [1.165, 1.54) is 0 Å². The number of ether oxygens (including phenoxy) is 1. The van der Waals surface area contributed by atoms with Crippen molar-refractivity contribution in [3.8, 4) is 11.5 Å². The maximum atomic E-state index is 11.4. The van der Waals surface area contributed by atoms with Crippen molar-refractivity contribution in [1.29, 1.82) is 0 Å². The summed E-state index contributed by atoms with van der Waals surface area (Å²) in [5.41, 5.74) is 0. The molecule has 0 aromatic heterocycles. The first-order valence-electron chi connectivity index (χ1n) is 3.65. The molecule has 12 heavy (non-hydrogen) atoms. The number of rotatable bonds is 0. The van der Waals surface area contributed by atoms with Gasteiger partial charge in [0.2, 0.25) is 0 Å². The van der Waals surface area contributed by atoms with Crippen molar-refractivity contribution in [2.45, 2.75) is 0 Å². The van der Waals surface area contributed by atoms with E-state index in [1.54, 1.807) is 18.8 Å². The molecule has 1 heterocycles. The summed E-state index contributed by atoms with van der Waals surface area (Å²) in [7, 11) is -2.54. The molecule has 1 aromatic rings. The van der Waals surface area contributed by atoms with E-state index in [9.17, 15) is 4.57 Å². The van der Waals surface area contributed by atoms with Crippen molar-refractivity contribution in [3.63, 3.8) is 0 Å². The van der Waals surface area contributed by atoms with Crippen molar-refractivity contribution in [3.05, 3.63) is 24.3 Å². The second kappa shape index (κ2) is 2.53. The average molecular weight is 184 g/mol. The third kappa shape index (κ3) is 1.32. The normalized spacial score (nSPS) is 26.8. The molecular formula is C8H9O3P. The Morgan fingerprint density at radius 1 is 1.33 bits per heavy atom. The molecule has 4 heteroatoms. The van der Waals surface area contributed by atoms with Gasteiger partial charge in [0, 0.05) is 6.66 Å². The van der Waals surface area contributed by atoms with E-state index >= 15 is 0 Å². The summed E-state index contributed by atoms with van der Waals surface area (Å²) < 4.78 is 21.9. The van der Waals surface area contributed by atoms with Crippen molar-refractivity contribution >= 4 is 7.37 Å². The molecule has 0 saturated carbocycles. The van der Waals surface area contributed by atoms with E-state index in [2.05, 4.69) is 0 Å². The largest absolute Gasteiger partial charge is 0.478 e. The summed E-state index contributed by atoms with van der Waals surface area (Å²) in [6.45, 7) is 1.57.